The van der Waals surface area contributed by atoms with Crippen molar-refractivity contribution in [2.24, 2.45) is 0 Å². The molecule has 182 valence electrons. The Labute approximate surface area is 205 Å². The van der Waals surface area contributed by atoms with Gasteiger partial charge >= 0.3 is 0 Å². The van der Waals surface area contributed by atoms with Crippen LogP contribution in [0.5, 0.6) is 5.75 Å². The van der Waals surface area contributed by atoms with Crippen molar-refractivity contribution < 1.29 is 17.9 Å². The highest BCUT2D eigenvalue weighted by Gasteiger charge is 2.16. The molecule has 0 spiro atoms. The molecule has 3 aromatic rings. The van der Waals surface area contributed by atoms with Gasteiger partial charge in [0.05, 0.1) is 10.4 Å². The number of carbonyl (C=O) groups excluding carboxylic acids is 1. The molecule has 1 atom stereocenters. The molecular formula is C24H29ClN4O4S. The number of sulfonamides is 1. The maximum Gasteiger partial charge on any atom is 0.257 e. The van der Waals surface area contributed by atoms with Crippen LogP contribution in [0.4, 0.5) is 5.69 Å². The first kappa shape index (κ1) is 25.7. The molecule has 3 rings (SSSR count). The van der Waals surface area contributed by atoms with E-state index in [2.05, 4.69) is 20.3 Å². The summed E-state index contributed by atoms with van der Waals surface area (Å²) in [5.41, 5.74) is 1.78. The number of nitrogens with one attached hydrogen (secondary N) is 3. The van der Waals surface area contributed by atoms with Crippen LogP contribution in [0, 0.1) is 0 Å². The summed E-state index contributed by atoms with van der Waals surface area (Å²) in [7, 11) is -3.57. The van der Waals surface area contributed by atoms with E-state index in [4.69, 9.17) is 16.3 Å². The minimum atomic E-state index is -3.57. The summed E-state index contributed by atoms with van der Waals surface area (Å²) < 4.78 is 32.6. The maximum atomic E-state index is 12.3. The molecule has 0 aliphatic heterocycles. The van der Waals surface area contributed by atoms with Gasteiger partial charge in [-0.15, -0.1) is 0 Å². The maximum absolute atomic E-state index is 12.3. The number of fused-ring (bicyclic) bond motifs is 1. The van der Waals surface area contributed by atoms with Gasteiger partial charge in [0.1, 0.15) is 5.75 Å². The second kappa shape index (κ2) is 12.0. The Morgan fingerprint density at radius 3 is 2.62 bits per heavy atom. The number of benzene rings is 2. The predicted octanol–water partition coefficient (Wildman–Crippen LogP) is 3.96. The van der Waals surface area contributed by atoms with E-state index >= 15 is 0 Å². The first-order valence-corrected chi connectivity index (χ1v) is 12.9. The average molecular weight is 505 g/mol. The molecule has 1 heterocycles. The molecule has 0 aliphatic rings. The Kier molecular flexibility index (Phi) is 9.09. The minimum absolute atomic E-state index is 0.150. The number of pyridine rings is 1. The van der Waals surface area contributed by atoms with E-state index in [-0.39, 0.29) is 23.5 Å². The molecule has 8 nitrogen and oxygen atoms in total. The van der Waals surface area contributed by atoms with E-state index < -0.39 is 10.0 Å². The van der Waals surface area contributed by atoms with E-state index in [1.165, 1.54) is 24.3 Å². The zero-order valence-electron chi connectivity index (χ0n) is 19.2. The van der Waals surface area contributed by atoms with Gasteiger partial charge in [0.15, 0.2) is 6.61 Å². The largest absolute Gasteiger partial charge is 0.484 e. The van der Waals surface area contributed by atoms with Crippen molar-refractivity contribution >= 4 is 44.1 Å². The number of hydrogen-bond acceptors (Lipinski definition) is 6. The smallest absolute Gasteiger partial charge is 0.257 e. The van der Waals surface area contributed by atoms with Gasteiger partial charge in [-0.1, -0.05) is 18.5 Å². The van der Waals surface area contributed by atoms with Crippen LogP contribution in [-0.2, 0) is 14.8 Å². The summed E-state index contributed by atoms with van der Waals surface area (Å²) in [6.07, 6.45) is 3.14. The number of nitrogens with zero attached hydrogens (tertiary/aromatic N) is 1. The van der Waals surface area contributed by atoms with Gasteiger partial charge in [-0.3, -0.25) is 9.78 Å². The van der Waals surface area contributed by atoms with Crippen molar-refractivity contribution in [1.82, 2.24) is 15.0 Å². The molecule has 0 fully saturated rings. The van der Waals surface area contributed by atoms with Crippen LogP contribution in [0.3, 0.4) is 0 Å². The molecule has 2 aromatic carbocycles. The molecule has 0 saturated carbocycles. The highest BCUT2D eigenvalue weighted by Crippen LogP contribution is 2.24. The fourth-order valence-electron chi connectivity index (χ4n) is 3.15. The molecule has 0 saturated heterocycles. The van der Waals surface area contributed by atoms with Gasteiger partial charge in [0.25, 0.3) is 5.91 Å². The first-order valence-electron chi connectivity index (χ1n) is 11.1. The van der Waals surface area contributed by atoms with Crippen LogP contribution in [-0.4, -0.2) is 45.0 Å². The second-order valence-corrected chi connectivity index (χ2v) is 9.99. The molecule has 1 aromatic heterocycles. The molecule has 0 unspecified atom stereocenters. The van der Waals surface area contributed by atoms with E-state index in [9.17, 15) is 13.2 Å². The van der Waals surface area contributed by atoms with Crippen LogP contribution in [0.2, 0.25) is 5.02 Å². The Bertz CT molecular complexity index is 1220. The molecular weight excluding hydrogens is 476 g/mol. The summed E-state index contributed by atoms with van der Waals surface area (Å²) in [4.78, 5) is 16.5. The van der Waals surface area contributed by atoms with Crippen LogP contribution in [0.15, 0.2) is 59.6 Å². The lowest BCUT2D eigenvalue weighted by Gasteiger charge is -2.13. The SMILES string of the molecule is CC[C@@H](C)NS(=O)(=O)c1ccc(OCC(=O)NCCCNc2ccnc3cc(Cl)ccc23)cc1. The third kappa shape index (κ3) is 7.31. The number of ether oxygens (including phenoxy) is 1. The number of aromatic nitrogens is 1. The Balaban J connectivity index is 1.38. The van der Waals surface area contributed by atoms with Crippen molar-refractivity contribution in [2.45, 2.75) is 37.6 Å². The average Bonchev–Trinajstić information content (AvgIpc) is 2.82. The molecule has 1 amide bonds. The van der Waals surface area contributed by atoms with Crippen molar-refractivity contribution in [3.63, 3.8) is 0 Å². The minimum Gasteiger partial charge on any atom is -0.484 e. The van der Waals surface area contributed by atoms with Gasteiger partial charge in [-0.2, -0.15) is 0 Å². The van der Waals surface area contributed by atoms with Gasteiger partial charge in [-0.05, 0) is 68.3 Å². The summed E-state index contributed by atoms with van der Waals surface area (Å²) in [6.45, 7) is 4.72. The molecule has 10 heteroatoms. The van der Waals surface area contributed by atoms with Crippen LogP contribution < -0.4 is 20.1 Å². The Morgan fingerprint density at radius 1 is 1.12 bits per heavy atom. The van der Waals surface area contributed by atoms with Crippen LogP contribution in [0.1, 0.15) is 26.7 Å². The number of anilines is 1. The summed E-state index contributed by atoms with van der Waals surface area (Å²) in [5.74, 6) is 0.170. The van der Waals surface area contributed by atoms with Crippen molar-refractivity contribution in [1.29, 1.82) is 0 Å². The number of amides is 1. The zero-order valence-corrected chi connectivity index (χ0v) is 20.7. The van der Waals surface area contributed by atoms with E-state index in [0.29, 0.717) is 30.3 Å². The number of hydrogen-bond donors (Lipinski definition) is 3. The molecule has 0 aliphatic carbocycles. The highest BCUT2D eigenvalue weighted by atomic mass is 35.5. The van der Waals surface area contributed by atoms with Gasteiger partial charge in [0, 0.05) is 41.4 Å². The normalized spacial score (nSPS) is 12.3. The predicted molar refractivity (Wildman–Crippen MR) is 135 cm³/mol. The van der Waals surface area contributed by atoms with E-state index in [1.54, 1.807) is 13.1 Å². The number of rotatable bonds is 12. The van der Waals surface area contributed by atoms with E-state index in [0.717, 1.165) is 23.0 Å². The Hall–Kier alpha value is -2.88. The fraction of sp³-hybridized carbons (Fsp3) is 0.333. The van der Waals surface area contributed by atoms with Gasteiger partial charge < -0.3 is 15.4 Å². The molecule has 3 N–H and O–H groups in total. The summed E-state index contributed by atoms with van der Waals surface area (Å²) in [5, 5.41) is 7.78. The fourth-order valence-corrected chi connectivity index (χ4v) is 4.64. The van der Waals surface area contributed by atoms with E-state index in [1.807, 2.05) is 31.2 Å². The van der Waals surface area contributed by atoms with Crippen molar-refractivity contribution in [2.75, 3.05) is 25.0 Å². The van der Waals surface area contributed by atoms with Gasteiger partial charge in [0.2, 0.25) is 10.0 Å². The number of halogens is 1. The molecule has 0 bridgehead atoms. The van der Waals surface area contributed by atoms with Crippen LogP contribution in [0.25, 0.3) is 10.9 Å². The van der Waals surface area contributed by atoms with Crippen molar-refractivity contribution in [3.05, 3.63) is 59.8 Å². The topological polar surface area (TPSA) is 109 Å². The second-order valence-electron chi connectivity index (χ2n) is 7.84. The summed E-state index contributed by atoms with van der Waals surface area (Å²) >= 11 is 6.02. The van der Waals surface area contributed by atoms with Crippen molar-refractivity contribution in [3.8, 4) is 5.75 Å². The third-order valence-electron chi connectivity index (χ3n) is 5.17. The highest BCUT2D eigenvalue weighted by molar-refractivity contribution is 7.89. The molecule has 34 heavy (non-hydrogen) atoms. The monoisotopic (exact) mass is 504 g/mol. The zero-order chi connectivity index (χ0) is 24.6. The third-order valence-corrected chi connectivity index (χ3v) is 7.01. The summed E-state index contributed by atoms with van der Waals surface area (Å²) in [6, 6.07) is 13.3. The lowest BCUT2D eigenvalue weighted by Crippen LogP contribution is -2.32. The standard InChI is InChI=1S/C24H29ClN4O4S/c1-3-17(2)29-34(31,32)20-8-6-19(7-9-20)33-16-24(30)28-13-4-12-26-22-11-14-27-23-15-18(25)5-10-21(22)23/h5-11,14-15,17,29H,3-4,12-13,16H2,1-2H3,(H,26,27)(H,28,30)/t17-/m1/s1. The lowest BCUT2D eigenvalue weighted by atomic mass is 10.2. The quantitative estimate of drug-likeness (QED) is 0.322. The van der Waals surface area contributed by atoms with Gasteiger partial charge in [-0.25, -0.2) is 13.1 Å². The van der Waals surface area contributed by atoms with Crippen LogP contribution >= 0.6 is 11.6 Å². The Morgan fingerprint density at radius 2 is 1.88 bits per heavy atom. The number of carbonyl (C=O) groups is 1. The lowest BCUT2D eigenvalue weighted by molar-refractivity contribution is -0.123. The first-order chi connectivity index (χ1) is 16.3. The molecule has 0 radical (unpaired) electrons.